The van der Waals surface area contributed by atoms with Gasteiger partial charge in [0.1, 0.15) is 5.82 Å². The molecule has 1 saturated heterocycles. The molecule has 1 fully saturated rings. The van der Waals surface area contributed by atoms with Crippen LogP contribution in [0, 0.1) is 0 Å². The van der Waals surface area contributed by atoms with Crippen molar-refractivity contribution in [2.75, 3.05) is 36.5 Å². The van der Waals surface area contributed by atoms with Gasteiger partial charge in [0.25, 0.3) is 0 Å². The van der Waals surface area contributed by atoms with Crippen LogP contribution in [-0.4, -0.2) is 49.4 Å². The summed E-state index contributed by atoms with van der Waals surface area (Å²) in [7, 11) is -2.84. The predicted octanol–water partition coefficient (Wildman–Crippen LogP) is 1.52. The molecule has 2 heterocycles. The van der Waals surface area contributed by atoms with Crippen LogP contribution in [-0.2, 0) is 16.4 Å². The largest absolute Gasteiger partial charge is 0.370 e. The normalized spacial score (nSPS) is 19.4. The topological polar surface area (TPSA) is 62.3 Å². The summed E-state index contributed by atoms with van der Waals surface area (Å²) in [6, 6.07) is 3.99. The van der Waals surface area contributed by atoms with Gasteiger partial charge in [0, 0.05) is 31.4 Å². The lowest BCUT2D eigenvalue weighted by Crippen LogP contribution is -2.27. The summed E-state index contributed by atoms with van der Waals surface area (Å²) in [5.74, 6) is 1.50. The molecule has 0 radical (unpaired) electrons. The molecule has 0 aliphatic carbocycles. The van der Waals surface area contributed by atoms with Crippen molar-refractivity contribution < 1.29 is 8.42 Å². The lowest BCUT2D eigenvalue weighted by molar-refractivity contribution is 0.287. The zero-order valence-electron chi connectivity index (χ0n) is 12.0. The Bertz CT molecular complexity index is 531. The third-order valence-corrected chi connectivity index (χ3v) is 5.19. The first-order chi connectivity index (χ1) is 9.61. The zero-order chi connectivity index (χ0) is 14.4. The minimum Gasteiger partial charge on any atom is -0.370 e. The molecule has 1 aromatic heterocycles. The fourth-order valence-electron chi connectivity index (χ4n) is 2.36. The Morgan fingerprint density at radius 3 is 3.00 bits per heavy atom. The van der Waals surface area contributed by atoms with Gasteiger partial charge in [0.05, 0.1) is 11.5 Å². The van der Waals surface area contributed by atoms with E-state index in [2.05, 4.69) is 28.2 Å². The van der Waals surface area contributed by atoms with Gasteiger partial charge in [-0.2, -0.15) is 0 Å². The quantitative estimate of drug-likeness (QED) is 0.893. The Balaban J connectivity index is 2.02. The van der Waals surface area contributed by atoms with Crippen molar-refractivity contribution in [3.8, 4) is 0 Å². The lowest BCUT2D eigenvalue weighted by Gasteiger charge is -2.20. The van der Waals surface area contributed by atoms with Crippen LogP contribution in [0.5, 0.6) is 0 Å². The number of hydrogen-bond donors (Lipinski definition) is 1. The summed E-state index contributed by atoms with van der Waals surface area (Å²) < 4.78 is 23.3. The average Bonchev–Trinajstić information content (AvgIpc) is 2.59. The summed E-state index contributed by atoms with van der Waals surface area (Å²) in [6.45, 7) is 5.23. The van der Waals surface area contributed by atoms with E-state index in [-0.39, 0.29) is 5.75 Å². The Morgan fingerprint density at radius 1 is 1.35 bits per heavy atom. The summed E-state index contributed by atoms with van der Waals surface area (Å²) in [5, 5.41) is 3.33. The first-order valence-corrected chi connectivity index (χ1v) is 9.03. The number of pyridine rings is 1. The Morgan fingerprint density at radius 2 is 2.20 bits per heavy atom. The van der Waals surface area contributed by atoms with E-state index in [1.165, 1.54) is 0 Å². The first kappa shape index (κ1) is 15.3. The highest BCUT2D eigenvalue weighted by atomic mass is 32.2. The van der Waals surface area contributed by atoms with E-state index in [9.17, 15) is 8.42 Å². The van der Waals surface area contributed by atoms with Crippen molar-refractivity contribution in [2.45, 2.75) is 26.3 Å². The summed E-state index contributed by atoms with van der Waals surface area (Å²) in [4.78, 5) is 6.58. The van der Waals surface area contributed by atoms with Gasteiger partial charge in [-0.15, -0.1) is 0 Å². The van der Waals surface area contributed by atoms with Crippen molar-refractivity contribution in [1.29, 1.82) is 0 Å². The molecule has 1 aliphatic rings. The third-order valence-electron chi connectivity index (χ3n) is 3.48. The number of nitrogens with one attached hydrogen (secondary N) is 1. The van der Waals surface area contributed by atoms with Crippen molar-refractivity contribution >= 4 is 15.7 Å². The predicted molar refractivity (Wildman–Crippen MR) is 81.6 cm³/mol. The molecule has 0 spiro atoms. The van der Waals surface area contributed by atoms with Gasteiger partial charge in [0.2, 0.25) is 0 Å². The van der Waals surface area contributed by atoms with Gasteiger partial charge in [-0.1, -0.05) is 13.0 Å². The molecule has 1 aliphatic heterocycles. The van der Waals surface area contributed by atoms with Gasteiger partial charge < -0.3 is 5.32 Å². The molecule has 5 nitrogen and oxygen atoms in total. The van der Waals surface area contributed by atoms with E-state index in [1.54, 1.807) is 6.20 Å². The van der Waals surface area contributed by atoms with E-state index < -0.39 is 9.84 Å². The second kappa shape index (κ2) is 7.04. The number of aromatic nitrogens is 1. The number of sulfone groups is 1. The maximum Gasteiger partial charge on any atom is 0.151 e. The van der Waals surface area contributed by atoms with E-state index in [0.29, 0.717) is 12.3 Å². The van der Waals surface area contributed by atoms with Crippen LogP contribution in [0.25, 0.3) is 0 Å². The zero-order valence-corrected chi connectivity index (χ0v) is 12.8. The highest BCUT2D eigenvalue weighted by Gasteiger charge is 2.19. The fourth-order valence-corrected chi connectivity index (χ4v) is 3.67. The second-order valence-corrected chi connectivity index (χ2v) is 7.52. The van der Waals surface area contributed by atoms with Crippen molar-refractivity contribution in [2.24, 2.45) is 0 Å². The van der Waals surface area contributed by atoms with Crippen LogP contribution >= 0.6 is 0 Å². The van der Waals surface area contributed by atoms with Gasteiger partial charge in [-0.3, -0.25) is 4.90 Å². The van der Waals surface area contributed by atoms with E-state index >= 15 is 0 Å². The Labute approximate surface area is 121 Å². The van der Waals surface area contributed by atoms with Crippen molar-refractivity contribution in [3.05, 3.63) is 23.9 Å². The molecule has 1 aromatic rings. The molecule has 0 bridgehead atoms. The monoisotopic (exact) mass is 297 g/mol. The molecule has 0 atom stereocenters. The molecule has 0 unspecified atom stereocenters. The Kier molecular flexibility index (Phi) is 5.37. The standard InChI is InChI=1S/C14H23N3O2S/c1-2-6-15-14-13(5-3-7-16-14)12-17-8-4-10-20(18,19)11-9-17/h3,5,7H,2,4,6,8-12H2,1H3,(H,15,16). The maximum atomic E-state index is 11.6. The fraction of sp³-hybridized carbons (Fsp3) is 0.643. The molecule has 20 heavy (non-hydrogen) atoms. The third kappa shape index (κ3) is 4.45. The minimum atomic E-state index is -2.84. The lowest BCUT2D eigenvalue weighted by atomic mass is 10.2. The molecule has 0 aromatic carbocycles. The van der Waals surface area contributed by atoms with E-state index in [0.717, 1.165) is 43.9 Å². The molecule has 1 N–H and O–H groups in total. The van der Waals surface area contributed by atoms with Crippen LogP contribution in [0.15, 0.2) is 18.3 Å². The molecule has 0 amide bonds. The molecule has 112 valence electrons. The second-order valence-electron chi connectivity index (χ2n) is 5.22. The summed E-state index contributed by atoms with van der Waals surface area (Å²) >= 11 is 0. The van der Waals surface area contributed by atoms with Gasteiger partial charge >= 0.3 is 0 Å². The average molecular weight is 297 g/mol. The first-order valence-electron chi connectivity index (χ1n) is 7.21. The van der Waals surface area contributed by atoms with E-state index in [4.69, 9.17) is 0 Å². The molecule has 0 saturated carbocycles. The summed E-state index contributed by atoms with van der Waals surface area (Å²) in [6.07, 6.45) is 3.56. The molecular weight excluding hydrogens is 274 g/mol. The van der Waals surface area contributed by atoms with Crippen LogP contribution < -0.4 is 5.32 Å². The van der Waals surface area contributed by atoms with E-state index in [1.807, 2.05) is 6.07 Å². The van der Waals surface area contributed by atoms with Gasteiger partial charge in [-0.05, 0) is 25.5 Å². The SMILES string of the molecule is CCCNc1ncccc1CN1CCCS(=O)(=O)CC1. The smallest absolute Gasteiger partial charge is 0.151 e. The van der Waals surface area contributed by atoms with Gasteiger partial charge in [0.15, 0.2) is 9.84 Å². The number of nitrogens with zero attached hydrogens (tertiary/aromatic N) is 2. The van der Waals surface area contributed by atoms with Crippen molar-refractivity contribution in [1.82, 2.24) is 9.88 Å². The summed E-state index contributed by atoms with van der Waals surface area (Å²) in [5.41, 5.74) is 1.14. The van der Waals surface area contributed by atoms with Crippen LogP contribution in [0.4, 0.5) is 5.82 Å². The van der Waals surface area contributed by atoms with Crippen LogP contribution in [0.2, 0.25) is 0 Å². The minimum absolute atomic E-state index is 0.269. The maximum absolute atomic E-state index is 11.6. The molecule has 2 rings (SSSR count). The molecule has 6 heteroatoms. The number of rotatable bonds is 5. The number of anilines is 1. The van der Waals surface area contributed by atoms with Crippen LogP contribution in [0.1, 0.15) is 25.3 Å². The van der Waals surface area contributed by atoms with Crippen LogP contribution in [0.3, 0.4) is 0 Å². The molecular formula is C14H23N3O2S. The van der Waals surface area contributed by atoms with Gasteiger partial charge in [-0.25, -0.2) is 13.4 Å². The number of hydrogen-bond acceptors (Lipinski definition) is 5. The highest BCUT2D eigenvalue weighted by Crippen LogP contribution is 2.16. The van der Waals surface area contributed by atoms with Crippen molar-refractivity contribution in [3.63, 3.8) is 0 Å². The highest BCUT2D eigenvalue weighted by molar-refractivity contribution is 7.91. The Hall–Kier alpha value is -1.14.